The molecule has 1 saturated heterocycles. The van der Waals surface area contributed by atoms with Crippen LogP contribution in [0.2, 0.25) is 0 Å². The van der Waals surface area contributed by atoms with Crippen molar-refractivity contribution in [2.75, 3.05) is 18.4 Å². The number of likely N-dealkylation sites (tertiary alicyclic amines) is 1. The van der Waals surface area contributed by atoms with Crippen molar-refractivity contribution in [3.05, 3.63) is 63.2 Å². The number of hydrogen-bond donors (Lipinski definition) is 2. The molecule has 1 aliphatic heterocycles. The quantitative estimate of drug-likeness (QED) is 0.774. The fraction of sp³-hybridized carbons (Fsp3) is 0.278. The molecular formula is C18H19N3OS. The number of hydrogen-bond acceptors (Lipinski definition) is 4. The van der Waals surface area contributed by atoms with Gasteiger partial charge in [0.15, 0.2) is 0 Å². The molecule has 0 radical (unpaired) electrons. The van der Waals surface area contributed by atoms with Crippen LogP contribution in [0.25, 0.3) is 10.8 Å². The van der Waals surface area contributed by atoms with E-state index in [-0.39, 0.29) is 5.56 Å². The molecule has 3 heterocycles. The molecule has 0 aliphatic carbocycles. The van der Waals surface area contributed by atoms with E-state index >= 15 is 0 Å². The highest BCUT2D eigenvalue weighted by Gasteiger charge is 2.22. The van der Waals surface area contributed by atoms with Crippen molar-refractivity contribution in [2.45, 2.75) is 19.0 Å². The van der Waals surface area contributed by atoms with Gasteiger partial charge in [0.05, 0.1) is 0 Å². The lowest BCUT2D eigenvalue weighted by Crippen LogP contribution is -2.25. The van der Waals surface area contributed by atoms with Gasteiger partial charge in [-0.05, 0) is 58.5 Å². The second-order valence-corrected chi connectivity index (χ2v) is 6.89. The summed E-state index contributed by atoms with van der Waals surface area (Å²) in [4.78, 5) is 17.0. The maximum absolute atomic E-state index is 11.7. The SMILES string of the molecule is O=c1[nH]ccc2cc(N[C@H]3CCN(Cc4ccsc4)C3)ccc12. The second-order valence-electron chi connectivity index (χ2n) is 6.11. The van der Waals surface area contributed by atoms with Crippen LogP contribution in [-0.4, -0.2) is 29.0 Å². The zero-order valence-electron chi connectivity index (χ0n) is 12.8. The van der Waals surface area contributed by atoms with E-state index in [1.54, 1.807) is 17.5 Å². The largest absolute Gasteiger partial charge is 0.381 e. The number of fused-ring (bicyclic) bond motifs is 1. The van der Waals surface area contributed by atoms with Gasteiger partial charge < -0.3 is 10.3 Å². The smallest absolute Gasteiger partial charge is 0.255 e. The Morgan fingerprint density at radius 3 is 3.13 bits per heavy atom. The molecule has 0 bridgehead atoms. The summed E-state index contributed by atoms with van der Waals surface area (Å²) in [7, 11) is 0. The summed E-state index contributed by atoms with van der Waals surface area (Å²) >= 11 is 1.76. The molecule has 4 rings (SSSR count). The Morgan fingerprint density at radius 2 is 2.26 bits per heavy atom. The van der Waals surface area contributed by atoms with E-state index in [1.165, 1.54) is 5.56 Å². The lowest BCUT2D eigenvalue weighted by atomic mass is 10.1. The third-order valence-corrected chi connectivity index (χ3v) is 5.14. The van der Waals surface area contributed by atoms with Gasteiger partial charge in [-0.25, -0.2) is 0 Å². The maximum Gasteiger partial charge on any atom is 0.255 e. The molecule has 1 atom stereocenters. The van der Waals surface area contributed by atoms with Crippen molar-refractivity contribution in [2.24, 2.45) is 0 Å². The van der Waals surface area contributed by atoms with Gasteiger partial charge >= 0.3 is 0 Å². The molecule has 0 saturated carbocycles. The third-order valence-electron chi connectivity index (χ3n) is 4.40. The van der Waals surface area contributed by atoms with Crippen LogP contribution in [-0.2, 0) is 6.54 Å². The van der Waals surface area contributed by atoms with Crippen molar-refractivity contribution >= 4 is 27.8 Å². The molecule has 0 amide bonds. The first-order chi connectivity index (χ1) is 11.3. The highest BCUT2D eigenvalue weighted by atomic mass is 32.1. The van der Waals surface area contributed by atoms with Crippen molar-refractivity contribution in [1.82, 2.24) is 9.88 Å². The Morgan fingerprint density at radius 1 is 1.30 bits per heavy atom. The summed E-state index contributed by atoms with van der Waals surface area (Å²) < 4.78 is 0. The van der Waals surface area contributed by atoms with E-state index in [9.17, 15) is 4.79 Å². The topological polar surface area (TPSA) is 48.1 Å². The van der Waals surface area contributed by atoms with Gasteiger partial charge in [-0.2, -0.15) is 11.3 Å². The Labute approximate surface area is 138 Å². The number of nitrogens with zero attached hydrogens (tertiary/aromatic N) is 1. The average molecular weight is 325 g/mol. The molecule has 5 heteroatoms. The van der Waals surface area contributed by atoms with E-state index in [0.29, 0.717) is 6.04 Å². The lowest BCUT2D eigenvalue weighted by Gasteiger charge is -2.17. The van der Waals surface area contributed by atoms with E-state index < -0.39 is 0 Å². The predicted molar refractivity (Wildman–Crippen MR) is 96.2 cm³/mol. The maximum atomic E-state index is 11.7. The lowest BCUT2D eigenvalue weighted by molar-refractivity contribution is 0.329. The van der Waals surface area contributed by atoms with E-state index in [4.69, 9.17) is 0 Å². The molecule has 1 fully saturated rings. The van der Waals surface area contributed by atoms with E-state index in [0.717, 1.165) is 42.5 Å². The molecule has 0 spiro atoms. The number of anilines is 1. The monoisotopic (exact) mass is 325 g/mol. The summed E-state index contributed by atoms with van der Waals surface area (Å²) in [6, 6.07) is 10.6. The zero-order valence-corrected chi connectivity index (χ0v) is 13.6. The Balaban J connectivity index is 1.43. The van der Waals surface area contributed by atoms with Gasteiger partial charge in [-0.1, -0.05) is 0 Å². The van der Waals surface area contributed by atoms with E-state index in [2.05, 4.69) is 38.1 Å². The Hall–Kier alpha value is -2.11. The summed E-state index contributed by atoms with van der Waals surface area (Å²) in [6.45, 7) is 3.22. The van der Waals surface area contributed by atoms with Gasteiger partial charge in [0.25, 0.3) is 5.56 Å². The molecule has 4 nitrogen and oxygen atoms in total. The number of H-pyrrole nitrogens is 1. The standard InChI is InChI=1S/C18H19N3OS/c22-18-17-2-1-15(9-14(17)3-6-19-18)20-16-4-7-21(11-16)10-13-5-8-23-12-13/h1-3,5-6,8-9,12,16,20H,4,7,10-11H2,(H,19,22)/t16-/m0/s1. The number of thiophene rings is 1. The molecule has 3 aromatic rings. The van der Waals surface area contributed by atoms with Crippen LogP contribution >= 0.6 is 11.3 Å². The van der Waals surface area contributed by atoms with Crippen LogP contribution < -0.4 is 10.9 Å². The van der Waals surface area contributed by atoms with Crippen molar-refractivity contribution in [3.63, 3.8) is 0 Å². The van der Waals surface area contributed by atoms with Gasteiger partial charge in [0, 0.05) is 42.9 Å². The molecule has 1 aliphatic rings. The van der Waals surface area contributed by atoms with Crippen LogP contribution in [0.4, 0.5) is 5.69 Å². The molecule has 118 valence electrons. The first kappa shape index (κ1) is 14.5. The number of rotatable bonds is 4. The summed E-state index contributed by atoms with van der Waals surface area (Å²) in [5.74, 6) is 0. The molecule has 1 aromatic carbocycles. The van der Waals surface area contributed by atoms with Crippen LogP contribution in [0.15, 0.2) is 52.1 Å². The molecule has 0 unspecified atom stereocenters. The van der Waals surface area contributed by atoms with Crippen molar-refractivity contribution in [1.29, 1.82) is 0 Å². The molecule has 23 heavy (non-hydrogen) atoms. The first-order valence-electron chi connectivity index (χ1n) is 7.89. The van der Waals surface area contributed by atoms with E-state index in [1.807, 2.05) is 18.2 Å². The number of nitrogens with one attached hydrogen (secondary N) is 2. The van der Waals surface area contributed by atoms with Crippen LogP contribution in [0.3, 0.4) is 0 Å². The number of pyridine rings is 1. The third kappa shape index (κ3) is 3.16. The van der Waals surface area contributed by atoms with Crippen LogP contribution in [0, 0.1) is 0 Å². The molecular weight excluding hydrogens is 306 g/mol. The molecule has 2 N–H and O–H groups in total. The minimum absolute atomic E-state index is 0.0307. The normalized spacial score (nSPS) is 18.5. The summed E-state index contributed by atoms with van der Waals surface area (Å²) in [5.41, 5.74) is 2.46. The van der Waals surface area contributed by atoms with Crippen molar-refractivity contribution < 1.29 is 0 Å². The number of benzene rings is 1. The van der Waals surface area contributed by atoms with Gasteiger partial charge in [-0.15, -0.1) is 0 Å². The zero-order chi connectivity index (χ0) is 15.6. The predicted octanol–water partition coefficient (Wildman–Crippen LogP) is 3.28. The first-order valence-corrected chi connectivity index (χ1v) is 8.84. The Kier molecular flexibility index (Phi) is 3.89. The fourth-order valence-electron chi connectivity index (χ4n) is 3.25. The number of aromatic amines is 1. The molecule has 2 aromatic heterocycles. The summed E-state index contributed by atoms with van der Waals surface area (Å²) in [6.07, 6.45) is 2.85. The highest BCUT2D eigenvalue weighted by Crippen LogP contribution is 2.21. The number of aromatic nitrogens is 1. The van der Waals surface area contributed by atoms with Crippen LogP contribution in [0.5, 0.6) is 0 Å². The van der Waals surface area contributed by atoms with Gasteiger partial charge in [0.1, 0.15) is 0 Å². The minimum Gasteiger partial charge on any atom is -0.381 e. The second kappa shape index (κ2) is 6.18. The summed E-state index contributed by atoms with van der Waals surface area (Å²) in [5, 5.41) is 9.69. The van der Waals surface area contributed by atoms with Crippen LogP contribution in [0.1, 0.15) is 12.0 Å². The highest BCUT2D eigenvalue weighted by molar-refractivity contribution is 7.07. The Bertz CT molecular complexity index is 856. The average Bonchev–Trinajstić information content (AvgIpc) is 3.20. The van der Waals surface area contributed by atoms with Gasteiger partial charge in [0.2, 0.25) is 0 Å². The van der Waals surface area contributed by atoms with Gasteiger partial charge in [-0.3, -0.25) is 9.69 Å². The van der Waals surface area contributed by atoms with Crippen molar-refractivity contribution in [3.8, 4) is 0 Å². The minimum atomic E-state index is -0.0307. The fourth-order valence-corrected chi connectivity index (χ4v) is 3.91.